The first kappa shape index (κ1) is 12.9. The zero-order chi connectivity index (χ0) is 13.0. The Morgan fingerprint density at radius 3 is 2.56 bits per heavy atom. The van der Waals surface area contributed by atoms with Gasteiger partial charge >= 0.3 is 6.09 Å². The van der Waals surface area contributed by atoms with Crippen molar-refractivity contribution in [3.05, 3.63) is 35.9 Å². The number of hydrogen-bond donors (Lipinski definition) is 0. The fourth-order valence-corrected chi connectivity index (χ4v) is 1.97. The average Bonchev–Trinajstić information content (AvgIpc) is 2.37. The minimum atomic E-state index is -1.14. The summed E-state index contributed by atoms with van der Waals surface area (Å²) < 4.78 is 18.8. The molecule has 0 saturated carbocycles. The first-order valence-corrected chi connectivity index (χ1v) is 6.21. The minimum absolute atomic E-state index is 0.267. The van der Waals surface area contributed by atoms with Crippen LogP contribution in [0.5, 0.6) is 0 Å². The number of likely N-dealkylation sites (tertiary alicyclic amines) is 1. The van der Waals surface area contributed by atoms with Crippen molar-refractivity contribution in [1.29, 1.82) is 0 Å². The van der Waals surface area contributed by atoms with Gasteiger partial charge in [0.05, 0.1) is 0 Å². The van der Waals surface area contributed by atoms with E-state index in [-0.39, 0.29) is 12.7 Å². The quantitative estimate of drug-likeness (QED) is 0.808. The summed E-state index contributed by atoms with van der Waals surface area (Å²) >= 11 is 0. The van der Waals surface area contributed by atoms with Gasteiger partial charge in [-0.1, -0.05) is 30.3 Å². The zero-order valence-electron chi connectivity index (χ0n) is 10.6. The third-order valence-electron chi connectivity index (χ3n) is 3.27. The molecule has 3 nitrogen and oxygen atoms in total. The highest BCUT2D eigenvalue weighted by atomic mass is 19.1. The third-order valence-corrected chi connectivity index (χ3v) is 3.27. The lowest BCUT2D eigenvalue weighted by Gasteiger charge is -2.33. The van der Waals surface area contributed by atoms with Crippen molar-refractivity contribution in [1.82, 2.24) is 4.90 Å². The Bertz CT molecular complexity index is 396. The fraction of sp³-hybridized carbons (Fsp3) is 0.500. The predicted octanol–water partition coefficient (Wildman–Crippen LogP) is 3.15. The van der Waals surface area contributed by atoms with E-state index in [1.54, 1.807) is 11.8 Å². The molecule has 0 spiro atoms. The van der Waals surface area contributed by atoms with Crippen LogP contribution in [0, 0.1) is 0 Å². The largest absolute Gasteiger partial charge is 0.445 e. The van der Waals surface area contributed by atoms with Crippen LogP contribution in [0.25, 0.3) is 0 Å². The predicted molar refractivity (Wildman–Crippen MR) is 66.9 cm³/mol. The molecule has 1 amide bonds. The van der Waals surface area contributed by atoms with E-state index in [9.17, 15) is 9.18 Å². The molecule has 1 aromatic carbocycles. The number of nitrogens with zero attached hydrogens (tertiary/aromatic N) is 1. The standard InChI is InChI=1S/C14H18FNO2/c1-14(15)7-9-16(10-8-14)13(17)18-11-12-5-3-2-4-6-12/h2-6H,7-11H2,1H3. The van der Waals surface area contributed by atoms with Crippen molar-refractivity contribution in [2.24, 2.45) is 0 Å². The molecular formula is C14H18FNO2. The highest BCUT2D eigenvalue weighted by Crippen LogP contribution is 2.25. The summed E-state index contributed by atoms with van der Waals surface area (Å²) in [4.78, 5) is 13.3. The smallest absolute Gasteiger partial charge is 0.410 e. The molecule has 1 aliphatic rings. The summed E-state index contributed by atoms with van der Waals surface area (Å²) in [6.45, 7) is 2.71. The summed E-state index contributed by atoms with van der Waals surface area (Å²) in [6, 6.07) is 9.53. The van der Waals surface area contributed by atoms with Gasteiger partial charge in [-0.15, -0.1) is 0 Å². The van der Waals surface area contributed by atoms with Gasteiger partial charge in [-0.3, -0.25) is 0 Å². The van der Waals surface area contributed by atoms with E-state index in [1.165, 1.54) is 0 Å². The Labute approximate surface area is 107 Å². The van der Waals surface area contributed by atoms with E-state index in [2.05, 4.69) is 0 Å². The van der Waals surface area contributed by atoms with Crippen molar-refractivity contribution in [2.45, 2.75) is 32.0 Å². The van der Waals surface area contributed by atoms with E-state index in [4.69, 9.17) is 4.74 Å². The van der Waals surface area contributed by atoms with E-state index in [1.807, 2.05) is 30.3 Å². The van der Waals surface area contributed by atoms with Crippen molar-refractivity contribution >= 4 is 6.09 Å². The Kier molecular flexibility index (Phi) is 3.84. The Hall–Kier alpha value is -1.58. The number of piperidine rings is 1. The minimum Gasteiger partial charge on any atom is -0.445 e. The zero-order valence-corrected chi connectivity index (χ0v) is 10.6. The second kappa shape index (κ2) is 5.38. The molecule has 18 heavy (non-hydrogen) atoms. The van der Waals surface area contributed by atoms with Gasteiger partial charge in [-0.25, -0.2) is 9.18 Å². The number of amides is 1. The Balaban J connectivity index is 1.79. The van der Waals surface area contributed by atoms with Gasteiger partial charge in [0.2, 0.25) is 0 Å². The SMILES string of the molecule is CC1(F)CCN(C(=O)OCc2ccccc2)CC1. The number of alkyl halides is 1. The van der Waals surface area contributed by atoms with Gasteiger partial charge in [-0.05, 0) is 25.3 Å². The van der Waals surface area contributed by atoms with Crippen LogP contribution in [0.3, 0.4) is 0 Å². The van der Waals surface area contributed by atoms with E-state index < -0.39 is 5.67 Å². The van der Waals surface area contributed by atoms with Gasteiger partial charge in [0, 0.05) is 13.1 Å². The molecule has 0 N–H and O–H groups in total. The van der Waals surface area contributed by atoms with Crippen molar-refractivity contribution < 1.29 is 13.9 Å². The van der Waals surface area contributed by atoms with Crippen LogP contribution in [0.1, 0.15) is 25.3 Å². The second-order valence-corrected chi connectivity index (χ2v) is 4.94. The first-order chi connectivity index (χ1) is 8.57. The number of halogens is 1. The van der Waals surface area contributed by atoms with Crippen LogP contribution in [0.4, 0.5) is 9.18 Å². The maximum Gasteiger partial charge on any atom is 0.410 e. The molecule has 1 aliphatic heterocycles. The molecule has 0 bridgehead atoms. The van der Waals surface area contributed by atoms with Crippen LogP contribution in [0.2, 0.25) is 0 Å². The first-order valence-electron chi connectivity index (χ1n) is 6.21. The third kappa shape index (κ3) is 3.45. The molecule has 1 aromatic rings. The van der Waals surface area contributed by atoms with E-state index in [0.717, 1.165) is 5.56 Å². The van der Waals surface area contributed by atoms with E-state index >= 15 is 0 Å². The van der Waals surface area contributed by atoms with Gasteiger partial charge in [-0.2, -0.15) is 0 Å². The molecule has 2 rings (SSSR count). The van der Waals surface area contributed by atoms with Crippen molar-refractivity contribution in [2.75, 3.05) is 13.1 Å². The Morgan fingerprint density at radius 2 is 1.94 bits per heavy atom. The van der Waals surface area contributed by atoms with Crippen molar-refractivity contribution in [3.63, 3.8) is 0 Å². The molecule has 0 atom stereocenters. The van der Waals surface area contributed by atoms with Crippen molar-refractivity contribution in [3.8, 4) is 0 Å². The highest BCUT2D eigenvalue weighted by molar-refractivity contribution is 5.67. The second-order valence-electron chi connectivity index (χ2n) is 4.94. The topological polar surface area (TPSA) is 29.5 Å². The average molecular weight is 251 g/mol. The summed E-state index contributed by atoms with van der Waals surface area (Å²) in [6.07, 6.45) is 0.412. The van der Waals surface area contributed by atoms with Crippen LogP contribution < -0.4 is 0 Å². The van der Waals surface area contributed by atoms with Crippen LogP contribution in [-0.4, -0.2) is 29.8 Å². The summed E-state index contributed by atoms with van der Waals surface area (Å²) in [5, 5.41) is 0. The monoisotopic (exact) mass is 251 g/mol. The number of carbonyl (C=O) groups excluding carboxylic acids is 1. The molecule has 0 aromatic heterocycles. The number of carbonyl (C=O) groups is 1. The molecule has 4 heteroatoms. The summed E-state index contributed by atoms with van der Waals surface area (Å²) in [7, 11) is 0. The molecule has 1 heterocycles. The number of hydrogen-bond acceptors (Lipinski definition) is 2. The van der Waals surface area contributed by atoms with Gasteiger partial charge < -0.3 is 9.64 Å². The maximum absolute atomic E-state index is 13.6. The molecule has 0 aliphatic carbocycles. The number of ether oxygens (including phenoxy) is 1. The highest BCUT2D eigenvalue weighted by Gasteiger charge is 2.31. The summed E-state index contributed by atoms with van der Waals surface area (Å²) in [5.74, 6) is 0. The van der Waals surface area contributed by atoms with Gasteiger partial charge in [0.25, 0.3) is 0 Å². The lowest BCUT2D eigenvalue weighted by Crippen LogP contribution is -2.43. The normalized spacial score (nSPS) is 18.4. The lowest BCUT2D eigenvalue weighted by molar-refractivity contribution is 0.0499. The fourth-order valence-electron chi connectivity index (χ4n) is 1.97. The molecule has 0 unspecified atom stereocenters. The number of rotatable bonds is 2. The van der Waals surface area contributed by atoms with Crippen LogP contribution in [0.15, 0.2) is 30.3 Å². The summed E-state index contributed by atoms with van der Waals surface area (Å²) in [5.41, 5.74) is -0.186. The molecule has 1 saturated heterocycles. The van der Waals surface area contributed by atoms with Gasteiger partial charge in [0.1, 0.15) is 12.3 Å². The number of benzene rings is 1. The Morgan fingerprint density at radius 1 is 1.33 bits per heavy atom. The molecule has 0 radical (unpaired) electrons. The molecule has 1 fully saturated rings. The van der Waals surface area contributed by atoms with Crippen LogP contribution in [-0.2, 0) is 11.3 Å². The molecule has 98 valence electrons. The lowest BCUT2D eigenvalue weighted by atomic mass is 9.96. The molecular weight excluding hydrogens is 233 g/mol. The van der Waals surface area contributed by atoms with Crippen LogP contribution >= 0.6 is 0 Å². The van der Waals surface area contributed by atoms with E-state index in [0.29, 0.717) is 25.9 Å². The van der Waals surface area contributed by atoms with Gasteiger partial charge in [0.15, 0.2) is 0 Å². The maximum atomic E-state index is 13.6.